The number of hydrogen-bond acceptors (Lipinski definition) is 7. The number of carbonyl (C=O) groups excluding carboxylic acids is 2. The summed E-state index contributed by atoms with van der Waals surface area (Å²) in [5.74, 6) is 2.40. The molecule has 0 bridgehead atoms. The molecule has 7 nitrogen and oxygen atoms in total. The third kappa shape index (κ3) is 9.55. The van der Waals surface area contributed by atoms with Crippen LogP contribution in [-0.4, -0.2) is 44.1 Å². The Balaban J connectivity index is 0.000000220. The van der Waals surface area contributed by atoms with Gasteiger partial charge < -0.3 is 24.1 Å². The van der Waals surface area contributed by atoms with Gasteiger partial charge in [0, 0.05) is 16.5 Å². The van der Waals surface area contributed by atoms with E-state index < -0.39 is 0 Å². The van der Waals surface area contributed by atoms with Crippen molar-refractivity contribution in [3.05, 3.63) is 119 Å². The van der Waals surface area contributed by atoms with Crippen LogP contribution >= 0.6 is 15.9 Å². The number of Topliss-reactive ketones (excluding diaryl/α,β-unsaturated/α-hetero) is 2. The molecule has 4 rings (SSSR count). The van der Waals surface area contributed by atoms with Crippen molar-refractivity contribution in [2.75, 3.05) is 27.4 Å². The topological polar surface area (TPSA) is 91.3 Å². The number of hydrogen-bond donors (Lipinski definition) is 1. The van der Waals surface area contributed by atoms with Crippen LogP contribution in [-0.2, 0) is 11.9 Å². The van der Waals surface area contributed by atoms with Crippen LogP contribution < -0.4 is 18.9 Å². The molecule has 0 radical (unpaired) electrons. The average molecular weight is 607 g/mol. The van der Waals surface area contributed by atoms with E-state index >= 15 is 0 Å². The third-order valence-electron chi connectivity index (χ3n) is 5.71. The molecule has 0 saturated heterocycles. The second-order valence-corrected chi connectivity index (χ2v) is 9.03. The molecule has 0 fully saturated rings. The van der Waals surface area contributed by atoms with E-state index in [9.17, 15) is 9.59 Å². The van der Waals surface area contributed by atoms with E-state index in [1.165, 1.54) is 0 Å². The first-order chi connectivity index (χ1) is 19.4. The van der Waals surface area contributed by atoms with E-state index in [-0.39, 0.29) is 31.4 Å². The fourth-order valence-corrected chi connectivity index (χ4v) is 3.80. The highest BCUT2D eigenvalue weighted by Crippen LogP contribution is 2.17. The Morgan fingerprint density at radius 2 is 1.05 bits per heavy atom. The molecule has 208 valence electrons. The first-order valence-corrected chi connectivity index (χ1v) is 13.5. The Labute approximate surface area is 242 Å². The molecule has 0 aliphatic rings. The van der Waals surface area contributed by atoms with Crippen LogP contribution in [0.4, 0.5) is 0 Å². The lowest BCUT2D eigenvalue weighted by Crippen LogP contribution is -2.11. The lowest BCUT2D eigenvalue weighted by Gasteiger charge is -2.07. The predicted molar refractivity (Wildman–Crippen MR) is 157 cm³/mol. The Morgan fingerprint density at radius 1 is 0.625 bits per heavy atom. The van der Waals surface area contributed by atoms with Crippen LogP contribution in [0, 0.1) is 0 Å². The number of methoxy groups -OCH3 is 2. The minimum absolute atomic E-state index is 0.0109. The zero-order valence-electron chi connectivity index (χ0n) is 22.3. The first kappa shape index (κ1) is 30.4. The summed E-state index contributed by atoms with van der Waals surface area (Å²) in [6.45, 7) is -0.0323. The van der Waals surface area contributed by atoms with Gasteiger partial charge in [-0.05, 0) is 59.7 Å². The Hall–Kier alpha value is -4.14. The van der Waals surface area contributed by atoms with E-state index in [4.69, 9.17) is 24.1 Å². The standard InChI is InChI=1S/C16H15BrO3.C16H16O4/c2*1-19-15-4-2-3-13(9-15)16(18)11-20-14-7-5-12(10-17)6-8-14/h2-9H,10-11H2,1H3;2-9,17H,10-11H2,1H3. The quantitative estimate of drug-likeness (QED) is 0.149. The van der Waals surface area contributed by atoms with Gasteiger partial charge in [-0.15, -0.1) is 0 Å². The summed E-state index contributed by atoms with van der Waals surface area (Å²) in [5, 5.41) is 9.74. The van der Waals surface area contributed by atoms with Gasteiger partial charge in [0.25, 0.3) is 0 Å². The number of halogens is 1. The van der Waals surface area contributed by atoms with Crippen molar-refractivity contribution in [1.29, 1.82) is 0 Å². The normalized spacial score (nSPS) is 10.1. The van der Waals surface area contributed by atoms with Gasteiger partial charge in [-0.2, -0.15) is 0 Å². The molecule has 0 aliphatic carbocycles. The lowest BCUT2D eigenvalue weighted by molar-refractivity contribution is 0.0914. The number of ether oxygens (including phenoxy) is 4. The number of ketones is 2. The van der Waals surface area contributed by atoms with Gasteiger partial charge in [0.15, 0.2) is 24.8 Å². The smallest absolute Gasteiger partial charge is 0.200 e. The Morgan fingerprint density at radius 3 is 1.43 bits per heavy atom. The molecule has 0 amide bonds. The van der Waals surface area contributed by atoms with Crippen molar-refractivity contribution in [2.45, 2.75) is 11.9 Å². The SMILES string of the molecule is COc1cccc(C(=O)COc2ccc(CBr)cc2)c1.COc1cccc(C(=O)COc2ccc(CO)cc2)c1. The largest absolute Gasteiger partial charge is 0.497 e. The molecule has 0 unspecified atom stereocenters. The third-order valence-corrected chi connectivity index (χ3v) is 6.35. The molecule has 0 spiro atoms. The van der Waals surface area contributed by atoms with Gasteiger partial charge in [-0.3, -0.25) is 9.59 Å². The predicted octanol–water partition coefficient (Wildman–Crippen LogP) is 6.30. The molecule has 0 heterocycles. The Kier molecular flexibility index (Phi) is 12.2. The zero-order chi connectivity index (χ0) is 28.7. The molecule has 1 N–H and O–H groups in total. The number of rotatable bonds is 12. The fraction of sp³-hybridized carbons (Fsp3) is 0.188. The first-order valence-electron chi connectivity index (χ1n) is 12.4. The molecule has 4 aromatic rings. The van der Waals surface area contributed by atoms with Gasteiger partial charge in [0.2, 0.25) is 0 Å². The second-order valence-electron chi connectivity index (χ2n) is 8.47. The number of alkyl halides is 1. The van der Waals surface area contributed by atoms with E-state index in [1.54, 1.807) is 87.0 Å². The van der Waals surface area contributed by atoms with Crippen LogP contribution in [0.15, 0.2) is 97.1 Å². The van der Waals surface area contributed by atoms with Crippen molar-refractivity contribution in [3.63, 3.8) is 0 Å². The highest BCUT2D eigenvalue weighted by molar-refractivity contribution is 9.08. The summed E-state index contributed by atoms with van der Waals surface area (Å²) in [5.41, 5.74) is 3.10. The van der Waals surface area contributed by atoms with Crippen LogP contribution in [0.25, 0.3) is 0 Å². The van der Waals surface area contributed by atoms with Crippen molar-refractivity contribution >= 4 is 27.5 Å². The minimum Gasteiger partial charge on any atom is -0.497 e. The van der Waals surface area contributed by atoms with Crippen LogP contribution in [0.2, 0.25) is 0 Å². The minimum atomic E-state index is -0.116. The van der Waals surface area contributed by atoms with Gasteiger partial charge in [-0.25, -0.2) is 0 Å². The molecule has 4 aromatic carbocycles. The molecular weight excluding hydrogens is 576 g/mol. The van der Waals surface area contributed by atoms with Crippen LogP contribution in [0.1, 0.15) is 31.8 Å². The molecule has 0 aliphatic heterocycles. The summed E-state index contributed by atoms with van der Waals surface area (Å²) < 4.78 is 21.1. The number of carbonyl (C=O) groups is 2. The van der Waals surface area contributed by atoms with Gasteiger partial charge in [-0.1, -0.05) is 64.5 Å². The van der Waals surface area contributed by atoms with Gasteiger partial charge in [0.05, 0.1) is 20.8 Å². The summed E-state index contributed by atoms with van der Waals surface area (Å²) in [6, 6.07) is 28.6. The fourth-order valence-electron chi connectivity index (χ4n) is 3.42. The summed E-state index contributed by atoms with van der Waals surface area (Å²) in [6.07, 6.45) is 0. The summed E-state index contributed by atoms with van der Waals surface area (Å²) in [7, 11) is 3.13. The number of aliphatic hydroxyl groups is 1. The van der Waals surface area contributed by atoms with E-state index in [0.29, 0.717) is 34.1 Å². The van der Waals surface area contributed by atoms with Crippen molar-refractivity contribution in [1.82, 2.24) is 0 Å². The Bertz CT molecular complexity index is 1260. The van der Waals surface area contributed by atoms with Crippen LogP contribution in [0.3, 0.4) is 0 Å². The van der Waals surface area contributed by atoms with Crippen LogP contribution in [0.5, 0.6) is 23.0 Å². The highest BCUT2D eigenvalue weighted by atomic mass is 79.9. The number of benzene rings is 4. The highest BCUT2D eigenvalue weighted by Gasteiger charge is 2.09. The van der Waals surface area contributed by atoms with E-state index in [2.05, 4.69) is 15.9 Å². The maximum atomic E-state index is 12.0. The average Bonchev–Trinajstić information content (AvgIpc) is 3.03. The zero-order valence-corrected chi connectivity index (χ0v) is 23.9. The number of aliphatic hydroxyl groups excluding tert-OH is 1. The van der Waals surface area contributed by atoms with Crippen molar-refractivity contribution in [2.24, 2.45) is 0 Å². The summed E-state index contributed by atoms with van der Waals surface area (Å²) in [4.78, 5) is 24.0. The summed E-state index contributed by atoms with van der Waals surface area (Å²) >= 11 is 3.38. The van der Waals surface area contributed by atoms with E-state index in [1.807, 2.05) is 24.3 Å². The lowest BCUT2D eigenvalue weighted by atomic mass is 10.1. The molecule has 0 atom stereocenters. The molecule has 0 saturated carbocycles. The molecular formula is C32H31BrO7. The molecule has 40 heavy (non-hydrogen) atoms. The maximum Gasteiger partial charge on any atom is 0.200 e. The van der Waals surface area contributed by atoms with Crippen molar-refractivity contribution in [3.8, 4) is 23.0 Å². The van der Waals surface area contributed by atoms with Gasteiger partial charge >= 0.3 is 0 Å². The van der Waals surface area contributed by atoms with Crippen molar-refractivity contribution < 1.29 is 33.6 Å². The monoisotopic (exact) mass is 606 g/mol. The molecule has 0 aromatic heterocycles. The van der Waals surface area contributed by atoms with E-state index in [0.717, 1.165) is 16.5 Å². The second kappa shape index (κ2) is 16.1. The molecule has 8 heteroatoms. The van der Waals surface area contributed by atoms with Gasteiger partial charge in [0.1, 0.15) is 23.0 Å². The maximum absolute atomic E-state index is 12.0.